The molecule has 5 heteroatoms. The van der Waals surface area contributed by atoms with Crippen LogP contribution in [-0.2, 0) is 6.42 Å². The molecule has 1 aromatic rings. The molecule has 5 nitrogen and oxygen atoms in total. The van der Waals surface area contributed by atoms with Crippen LogP contribution in [0.3, 0.4) is 0 Å². The van der Waals surface area contributed by atoms with Crippen LogP contribution >= 0.6 is 0 Å². The number of aromatic nitrogens is 2. The lowest BCUT2D eigenvalue weighted by molar-refractivity contribution is 0.0923. The standard InChI is InChI=1S/C23H26N4O/c28-23(20-7-1-4-16-5-2-13-24-21(16)20)26-18-8-10-19(11-9-18)27-15-3-6-17-12-14-25-22(17)27/h1,3-4,6-7,12,14-15,18-19,24H,2,5,8-11,13H2,(H,26,28). The number of carbonyl (C=O) groups is 1. The zero-order chi connectivity index (χ0) is 18.9. The first-order chi connectivity index (χ1) is 13.8. The molecule has 0 radical (unpaired) electrons. The molecule has 28 heavy (non-hydrogen) atoms. The molecule has 1 fully saturated rings. The summed E-state index contributed by atoms with van der Waals surface area (Å²) in [5.41, 5.74) is 4.28. The molecule has 1 saturated carbocycles. The highest BCUT2D eigenvalue weighted by Crippen LogP contribution is 2.33. The van der Waals surface area contributed by atoms with Crippen molar-refractivity contribution in [1.29, 1.82) is 0 Å². The van der Waals surface area contributed by atoms with Gasteiger partial charge in [0.05, 0.1) is 11.3 Å². The molecule has 1 aromatic carbocycles. The number of rotatable bonds is 3. The monoisotopic (exact) mass is 374 g/mol. The summed E-state index contributed by atoms with van der Waals surface area (Å²) in [6, 6.07) is 13.0. The Morgan fingerprint density at radius 2 is 2.00 bits per heavy atom. The van der Waals surface area contributed by atoms with Gasteiger partial charge in [-0.1, -0.05) is 12.1 Å². The summed E-state index contributed by atoms with van der Waals surface area (Å²) in [4.78, 5) is 17.4. The number of nitrogens with one attached hydrogen (secondary N) is 2. The Bertz CT molecular complexity index is 955. The summed E-state index contributed by atoms with van der Waals surface area (Å²) >= 11 is 0. The molecule has 2 N–H and O–H groups in total. The molecular formula is C23H26N4O. The van der Waals surface area contributed by atoms with Crippen molar-refractivity contribution in [3.05, 3.63) is 59.9 Å². The third-order valence-corrected chi connectivity index (χ3v) is 6.22. The minimum atomic E-state index is 0.0576. The van der Waals surface area contributed by atoms with Crippen molar-refractivity contribution in [2.75, 3.05) is 11.9 Å². The first-order valence-electron chi connectivity index (χ1n) is 10.4. The molecule has 4 aliphatic rings. The van der Waals surface area contributed by atoms with Crippen LogP contribution in [0.15, 0.2) is 48.8 Å². The molecule has 0 bridgehead atoms. The maximum atomic E-state index is 12.9. The number of nitrogens with zero attached hydrogens (tertiary/aromatic N) is 2. The van der Waals surface area contributed by atoms with Gasteiger partial charge in [-0.05, 0) is 68.4 Å². The molecule has 0 atom stereocenters. The Kier molecular flexibility index (Phi) is 4.51. The average Bonchev–Trinajstić information content (AvgIpc) is 3.23. The second kappa shape index (κ2) is 7.30. The van der Waals surface area contributed by atoms with E-state index in [1.807, 2.05) is 18.3 Å². The molecule has 3 heterocycles. The van der Waals surface area contributed by atoms with Crippen LogP contribution in [0.1, 0.15) is 54.1 Å². The number of para-hydroxylation sites is 1. The largest absolute Gasteiger partial charge is 0.384 e. The molecule has 0 spiro atoms. The molecule has 144 valence electrons. The lowest BCUT2D eigenvalue weighted by atomic mass is 9.90. The van der Waals surface area contributed by atoms with E-state index in [0.717, 1.165) is 62.1 Å². The topological polar surface area (TPSA) is 59.0 Å². The van der Waals surface area contributed by atoms with Gasteiger partial charge in [0.1, 0.15) is 5.82 Å². The van der Waals surface area contributed by atoms with Gasteiger partial charge in [0, 0.05) is 36.6 Å². The fourth-order valence-corrected chi connectivity index (χ4v) is 4.75. The molecule has 0 unspecified atom stereocenters. The van der Waals surface area contributed by atoms with Crippen LogP contribution in [0.4, 0.5) is 5.69 Å². The van der Waals surface area contributed by atoms with E-state index < -0.39 is 0 Å². The van der Waals surface area contributed by atoms with Gasteiger partial charge in [0.2, 0.25) is 0 Å². The third kappa shape index (κ3) is 3.15. The van der Waals surface area contributed by atoms with Gasteiger partial charge in [-0.25, -0.2) is 4.98 Å². The smallest absolute Gasteiger partial charge is 0.253 e. The van der Waals surface area contributed by atoms with E-state index in [1.165, 1.54) is 11.1 Å². The summed E-state index contributed by atoms with van der Waals surface area (Å²) < 4.78 is 2.31. The first-order valence-corrected chi connectivity index (χ1v) is 10.4. The number of anilines is 1. The average molecular weight is 374 g/mol. The van der Waals surface area contributed by atoms with Gasteiger partial charge in [-0.3, -0.25) is 4.79 Å². The van der Waals surface area contributed by atoms with Crippen molar-refractivity contribution in [2.24, 2.45) is 0 Å². The Hall–Kier alpha value is -2.82. The van der Waals surface area contributed by atoms with Crippen LogP contribution in [0.5, 0.6) is 0 Å². The highest BCUT2D eigenvalue weighted by molar-refractivity contribution is 6.00. The summed E-state index contributed by atoms with van der Waals surface area (Å²) in [7, 11) is 0. The van der Waals surface area contributed by atoms with Crippen LogP contribution in [0, 0.1) is 0 Å². The zero-order valence-electron chi connectivity index (χ0n) is 16.0. The number of hydrogen-bond donors (Lipinski definition) is 2. The number of pyridine rings is 1. The summed E-state index contributed by atoms with van der Waals surface area (Å²) in [5.74, 6) is 1.12. The Balaban J connectivity index is 1.25. The minimum absolute atomic E-state index is 0.0576. The van der Waals surface area contributed by atoms with E-state index in [-0.39, 0.29) is 11.9 Å². The Morgan fingerprint density at radius 3 is 2.89 bits per heavy atom. The van der Waals surface area contributed by atoms with Gasteiger partial charge >= 0.3 is 0 Å². The zero-order valence-corrected chi connectivity index (χ0v) is 16.0. The van der Waals surface area contributed by atoms with Gasteiger partial charge in [0.25, 0.3) is 5.91 Å². The van der Waals surface area contributed by atoms with Gasteiger partial charge in [-0.15, -0.1) is 0 Å². The number of aryl methyl sites for hydroxylation is 1. The SMILES string of the molecule is O=C(NC1CCC(n2cccc3ccnc2-3)CC1)c1cccc2c1NCCC2. The predicted molar refractivity (Wildman–Crippen MR) is 111 cm³/mol. The first kappa shape index (κ1) is 17.3. The minimum Gasteiger partial charge on any atom is -0.384 e. The van der Waals surface area contributed by atoms with Gasteiger partial charge in [0.15, 0.2) is 0 Å². The molecule has 3 aliphatic heterocycles. The normalized spacial score (nSPS) is 21.7. The second-order valence-electron chi connectivity index (χ2n) is 7.99. The van der Waals surface area contributed by atoms with Crippen LogP contribution in [-0.4, -0.2) is 28.0 Å². The summed E-state index contributed by atoms with van der Waals surface area (Å²) in [6.45, 7) is 0.945. The summed E-state index contributed by atoms with van der Waals surface area (Å²) in [6.07, 6.45) is 10.3. The fourth-order valence-electron chi connectivity index (χ4n) is 4.75. The highest BCUT2D eigenvalue weighted by atomic mass is 16.1. The number of fused-ring (bicyclic) bond motifs is 2. The number of amides is 1. The van der Waals surface area contributed by atoms with E-state index in [9.17, 15) is 4.79 Å². The lowest BCUT2D eigenvalue weighted by Crippen LogP contribution is -2.38. The summed E-state index contributed by atoms with van der Waals surface area (Å²) in [5, 5.41) is 6.71. The van der Waals surface area contributed by atoms with Crippen molar-refractivity contribution < 1.29 is 4.79 Å². The lowest BCUT2D eigenvalue weighted by Gasteiger charge is -2.32. The molecule has 0 aromatic heterocycles. The van der Waals surface area contributed by atoms with E-state index >= 15 is 0 Å². The van der Waals surface area contributed by atoms with E-state index in [1.54, 1.807) is 0 Å². The molecule has 1 aliphatic carbocycles. The highest BCUT2D eigenvalue weighted by Gasteiger charge is 2.26. The van der Waals surface area contributed by atoms with Crippen molar-refractivity contribution in [2.45, 2.75) is 50.6 Å². The van der Waals surface area contributed by atoms with Gasteiger partial charge in [-0.2, -0.15) is 0 Å². The Labute approximate surface area is 165 Å². The van der Waals surface area contributed by atoms with Crippen LogP contribution < -0.4 is 10.6 Å². The van der Waals surface area contributed by atoms with E-state index in [0.29, 0.717) is 6.04 Å². The maximum Gasteiger partial charge on any atom is 0.253 e. The molecule has 5 rings (SSSR count). The van der Waals surface area contributed by atoms with Crippen LogP contribution in [0.2, 0.25) is 0 Å². The van der Waals surface area contributed by atoms with Crippen molar-refractivity contribution in [1.82, 2.24) is 14.9 Å². The predicted octanol–water partition coefficient (Wildman–Crippen LogP) is 4.26. The van der Waals surface area contributed by atoms with Gasteiger partial charge < -0.3 is 15.2 Å². The fraction of sp³-hybridized carbons (Fsp3) is 0.391. The van der Waals surface area contributed by atoms with Crippen molar-refractivity contribution in [3.63, 3.8) is 0 Å². The maximum absolute atomic E-state index is 12.9. The molecular weight excluding hydrogens is 348 g/mol. The Morgan fingerprint density at radius 1 is 1.11 bits per heavy atom. The van der Waals surface area contributed by atoms with E-state index in [4.69, 9.17) is 0 Å². The van der Waals surface area contributed by atoms with E-state index in [2.05, 4.69) is 50.6 Å². The number of carbonyl (C=O) groups excluding carboxylic acids is 1. The quantitative estimate of drug-likeness (QED) is 0.720. The third-order valence-electron chi connectivity index (χ3n) is 6.22. The molecule has 0 saturated heterocycles. The number of hydrogen-bond acceptors (Lipinski definition) is 3. The van der Waals surface area contributed by atoms with Crippen molar-refractivity contribution in [3.8, 4) is 11.4 Å². The number of benzene rings is 1. The van der Waals surface area contributed by atoms with Crippen molar-refractivity contribution >= 4 is 11.6 Å². The van der Waals surface area contributed by atoms with Crippen LogP contribution in [0.25, 0.3) is 11.4 Å². The second-order valence-corrected chi connectivity index (χ2v) is 7.99. The molecule has 1 amide bonds.